The molecule has 1 aromatic carbocycles. The third-order valence-corrected chi connectivity index (χ3v) is 4.73. The lowest BCUT2D eigenvalue weighted by molar-refractivity contribution is -0.143. The first-order valence-electron chi connectivity index (χ1n) is 9.94. The minimum Gasteiger partial charge on any atom is -0.352 e. The van der Waals surface area contributed by atoms with Crippen LogP contribution in [0.3, 0.4) is 0 Å². The van der Waals surface area contributed by atoms with Gasteiger partial charge in [-0.1, -0.05) is 12.1 Å². The van der Waals surface area contributed by atoms with Crippen LogP contribution in [0.5, 0.6) is 0 Å². The molecule has 1 saturated heterocycles. The number of carbonyl (C=O) groups is 1. The fourth-order valence-corrected chi connectivity index (χ4v) is 3.24. The second-order valence-corrected chi connectivity index (χ2v) is 7.67. The second-order valence-electron chi connectivity index (χ2n) is 7.67. The lowest BCUT2D eigenvalue weighted by atomic mass is 10.1. The lowest BCUT2D eigenvalue weighted by Crippen LogP contribution is -2.44. The first kappa shape index (κ1) is 27.4. The van der Waals surface area contributed by atoms with Crippen molar-refractivity contribution in [2.75, 3.05) is 53.9 Å². The van der Waals surface area contributed by atoms with E-state index in [1.807, 2.05) is 37.2 Å². The molecule has 0 saturated carbocycles. The van der Waals surface area contributed by atoms with Gasteiger partial charge in [-0.15, -0.1) is 24.0 Å². The van der Waals surface area contributed by atoms with Gasteiger partial charge >= 0.3 is 6.18 Å². The summed E-state index contributed by atoms with van der Waals surface area (Å²) in [6.07, 6.45) is -3.56. The van der Waals surface area contributed by atoms with E-state index in [9.17, 15) is 18.0 Å². The number of hydrogen-bond donors (Lipinski definition) is 3. The van der Waals surface area contributed by atoms with Gasteiger partial charge in [0.2, 0.25) is 0 Å². The van der Waals surface area contributed by atoms with E-state index in [4.69, 9.17) is 0 Å². The van der Waals surface area contributed by atoms with Crippen LogP contribution < -0.4 is 16.0 Å². The number of carbonyl (C=O) groups excluding carboxylic acids is 1. The molecule has 1 unspecified atom stereocenters. The summed E-state index contributed by atoms with van der Waals surface area (Å²) in [5, 5.41) is 9.21. The van der Waals surface area contributed by atoms with Crippen molar-refractivity contribution in [2.24, 2.45) is 4.99 Å². The van der Waals surface area contributed by atoms with Gasteiger partial charge in [0.1, 0.15) is 0 Å². The Balaban J connectivity index is 0.00000480. The van der Waals surface area contributed by atoms with Crippen molar-refractivity contribution in [3.05, 3.63) is 35.4 Å². The zero-order valence-corrected chi connectivity index (χ0v) is 20.5. The first-order chi connectivity index (χ1) is 14.2. The lowest BCUT2D eigenvalue weighted by Gasteiger charge is -2.20. The number of rotatable bonds is 8. The average Bonchev–Trinajstić information content (AvgIpc) is 3.09. The van der Waals surface area contributed by atoms with E-state index >= 15 is 0 Å². The summed E-state index contributed by atoms with van der Waals surface area (Å²) in [4.78, 5) is 19.8. The molecule has 1 aromatic rings. The highest BCUT2D eigenvalue weighted by Gasteiger charge is 2.34. The minimum absolute atomic E-state index is 0. The summed E-state index contributed by atoms with van der Waals surface area (Å²) in [7, 11) is 5.50. The Hall–Kier alpha value is -1.60. The number of amides is 1. The molecule has 31 heavy (non-hydrogen) atoms. The Morgan fingerprint density at radius 3 is 2.68 bits per heavy atom. The van der Waals surface area contributed by atoms with Crippen molar-refractivity contribution in [3.8, 4) is 0 Å². The average molecular weight is 556 g/mol. The Labute approximate surface area is 198 Å². The molecule has 1 atom stereocenters. The number of nitrogens with zero attached hydrogens (tertiary/aromatic N) is 3. The van der Waals surface area contributed by atoms with E-state index in [1.54, 1.807) is 13.1 Å². The number of benzene rings is 1. The van der Waals surface area contributed by atoms with Crippen LogP contribution in [-0.4, -0.2) is 87.8 Å². The summed E-state index contributed by atoms with van der Waals surface area (Å²) in [6, 6.07) is 7.20. The molecular formula is C20H32F3IN6O. The molecule has 0 aliphatic carbocycles. The van der Waals surface area contributed by atoms with Crippen LogP contribution in [0.15, 0.2) is 29.3 Å². The van der Waals surface area contributed by atoms with Crippen LogP contribution in [0, 0.1) is 0 Å². The quantitative estimate of drug-likeness (QED) is 0.259. The maximum absolute atomic E-state index is 12.5. The Kier molecular flexibility index (Phi) is 11.6. The third kappa shape index (κ3) is 10.5. The normalized spacial score (nSPS) is 17.4. The topological polar surface area (TPSA) is 72.0 Å². The van der Waals surface area contributed by atoms with E-state index in [0.717, 1.165) is 12.1 Å². The number of likely N-dealkylation sites (tertiary alicyclic amines) is 1. The molecule has 1 aliphatic rings. The fraction of sp³-hybridized carbons (Fsp3) is 0.600. The van der Waals surface area contributed by atoms with E-state index in [0.29, 0.717) is 44.1 Å². The zero-order valence-electron chi connectivity index (χ0n) is 18.1. The van der Waals surface area contributed by atoms with E-state index in [1.165, 1.54) is 4.90 Å². The molecule has 11 heteroatoms. The predicted molar refractivity (Wildman–Crippen MR) is 127 cm³/mol. The number of guanidine groups is 1. The summed E-state index contributed by atoms with van der Waals surface area (Å²) in [6.45, 7) is 1.61. The number of nitrogens with one attached hydrogen (secondary N) is 3. The molecule has 1 fully saturated rings. The smallest absolute Gasteiger partial charge is 0.352 e. The maximum Gasteiger partial charge on any atom is 0.401 e. The molecule has 0 radical (unpaired) electrons. The molecule has 3 N–H and O–H groups in total. The highest BCUT2D eigenvalue weighted by molar-refractivity contribution is 14.0. The van der Waals surface area contributed by atoms with Crippen molar-refractivity contribution in [2.45, 2.75) is 25.2 Å². The molecule has 0 spiro atoms. The van der Waals surface area contributed by atoms with Gasteiger partial charge in [-0.05, 0) is 38.2 Å². The summed E-state index contributed by atoms with van der Waals surface area (Å²) >= 11 is 0. The molecule has 1 amide bonds. The molecule has 176 valence electrons. The van der Waals surface area contributed by atoms with Crippen molar-refractivity contribution >= 4 is 35.8 Å². The number of hydrogen-bond acceptors (Lipinski definition) is 4. The van der Waals surface area contributed by atoms with Crippen molar-refractivity contribution in [1.29, 1.82) is 0 Å². The molecule has 0 bridgehead atoms. The number of aliphatic imine (C=N–C) groups is 1. The van der Waals surface area contributed by atoms with Gasteiger partial charge in [0, 0.05) is 51.4 Å². The van der Waals surface area contributed by atoms with Crippen molar-refractivity contribution < 1.29 is 18.0 Å². The monoisotopic (exact) mass is 556 g/mol. The van der Waals surface area contributed by atoms with Crippen LogP contribution in [0.4, 0.5) is 13.2 Å². The number of likely N-dealkylation sites (N-methyl/N-ethyl adjacent to an activating group) is 1. The zero-order chi connectivity index (χ0) is 22.1. The Morgan fingerprint density at radius 2 is 2.03 bits per heavy atom. The fourth-order valence-electron chi connectivity index (χ4n) is 3.24. The molecule has 1 aliphatic heterocycles. The van der Waals surface area contributed by atoms with E-state index in [2.05, 4.69) is 20.9 Å². The largest absolute Gasteiger partial charge is 0.401 e. The van der Waals surface area contributed by atoms with Gasteiger partial charge in [-0.25, -0.2) is 0 Å². The second kappa shape index (κ2) is 13.1. The molecule has 2 rings (SSSR count). The summed E-state index contributed by atoms with van der Waals surface area (Å²) in [5.74, 6) is 0.395. The molecule has 7 nitrogen and oxygen atoms in total. The van der Waals surface area contributed by atoms with Gasteiger partial charge in [-0.2, -0.15) is 13.2 Å². The van der Waals surface area contributed by atoms with Crippen LogP contribution in [0.1, 0.15) is 22.3 Å². The summed E-state index contributed by atoms with van der Waals surface area (Å²) < 4.78 is 37.6. The minimum atomic E-state index is -4.18. The highest BCUT2D eigenvalue weighted by atomic mass is 127. The Bertz CT molecular complexity index is 729. The van der Waals surface area contributed by atoms with Gasteiger partial charge in [0.15, 0.2) is 5.96 Å². The number of halogens is 4. The van der Waals surface area contributed by atoms with Gasteiger partial charge < -0.3 is 20.9 Å². The van der Waals surface area contributed by atoms with Gasteiger partial charge in [0.05, 0.1) is 6.54 Å². The standard InChI is InChI=1S/C20H31F3N6O.HI/c1-24-19(27-17-7-9-29(13-17)14-20(21,22)23)26-12-15-5-4-6-16(11-15)18(30)25-8-10-28(2)3;/h4-6,11,17H,7-10,12-14H2,1-3H3,(H,25,30)(H2,24,26,27);1H. The number of alkyl halides is 3. The predicted octanol–water partition coefficient (Wildman–Crippen LogP) is 1.90. The maximum atomic E-state index is 12.5. The van der Waals surface area contributed by atoms with Crippen molar-refractivity contribution in [3.63, 3.8) is 0 Å². The van der Waals surface area contributed by atoms with Gasteiger partial charge in [0.25, 0.3) is 5.91 Å². The van der Waals surface area contributed by atoms with E-state index < -0.39 is 12.7 Å². The molecule has 0 aromatic heterocycles. The van der Waals surface area contributed by atoms with Crippen LogP contribution in [0.25, 0.3) is 0 Å². The van der Waals surface area contributed by atoms with Gasteiger partial charge in [-0.3, -0.25) is 14.7 Å². The van der Waals surface area contributed by atoms with Crippen molar-refractivity contribution in [1.82, 2.24) is 25.8 Å². The Morgan fingerprint density at radius 1 is 1.29 bits per heavy atom. The summed E-state index contributed by atoms with van der Waals surface area (Å²) in [5.41, 5.74) is 1.48. The first-order valence-corrected chi connectivity index (χ1v) is 9.94. The highest BCUT2D eigenvalue weighted by Crippen LogP contribution is 2.19. The molecule has 1 heterocycles. The van der Waals surface area contributed by atoms with E-state index in [-0.39, 0.29) is 35.9 Å². The third-order valence-electron chi connectivity index (χ3n) is 4.73. The molecular weight excluding hydrogens is 524 g/mol. The SMILES string of the molecule is CN=C(NCc1cccc(C(=O)NCCN(C)C)c1)NC1CCN(CC(F)(F)F)C1.I. The van der Waals surface area contributed by atoms with Crippen LogP contribution in [-0.2, 0) is 6.54 Å². The van der Waals surface area contributed by atoms with Crippen LogP contribution in [0.2, 0.25) is 0 Å². The van der Waals surface area contributed by atoms with Crippen LogP contribution >= 0.6 is 24.0 Å².